The molecule has 0 spiro atoms. The van der Waals surface area contributed by atoms with E-state index >= 15 is 0 Å². The molecule has 3 nitrogen and oxygen atoms in total. The fraction of sp³-hybridized carbons (Fsp3) is 0.308. The molecule has 0 N–H and O–H groups in total. The first-order valence-electron chi connectivity index (χ1n) is 5.48. The third kappa shape index (κ3) is 2.87. The molecule has 0 aliphatic carbocycles. The molecular formula is C13H13ClO3. The van der Waals surface area contributed by atoms with Gasteiger partial charge in [-0.25, -0.2) is 0 Å². The average molecular weight is 253 g/mol. The molecule has 0 bridgehead atoms. The van der Waals surface area contributed by atoms with Crippen LogP contribution in [0.15, 0.2) is 30.3 Å². The number of ether oxygens (including phenoxy) is 2. The fourth-order valence-corrected chi connectivity index (χ4v) is 1.90. The first-order chi connectivity index (χ1) is 8.20. The van der Waals surface area contributed by atoms with E-state index in [1.807, 2.05) is 25.1 Å². The maximum Gasteiger partial charge on any atom is 0.207 e. The summed E-state index contributed by atoms with van der Waals surface area (Å²) in [5.74, 6) is 0.468. The fourth-order valence-electron chi connectivity index (χ4n) is 1.67. The van der Waals surface area contributed by atoms with Crippen LogP contribution in [-0.4, -0.2) is 18.7 Å². The second-order valence-corrected chi connectivity index (χ2v) is 4.07. The van der Waals surface area contributed by atoms with Gasteiger partial charge < -0.3 is 9.47 Å². The van der Waals surface area contributed by atoms with Crippen LogP contribution < -0.4 is 0 Å². The van der Waals surface area contributed by atoms with Gasteiger partial charge in [-0.2, -0.15) is 0 Å². The van der Waals surface area contributed by atoms with Gasteiger partial charge in [0, 0.05) is 18.2 Å². The quantitative estimate of drug-likeness (QED) is 0.830. The van der Waals surface area contributed by atoms with Crippen molar-refractivity contribution in [3.63, 3.8) is 0 Å². The minimum atomic E-state index is -0.510. The molecule has 1 atom stereocenters. The lowest BCUT2D eigenvalue weighted by Gasteiger charge is -2.24. The van der Waals surface area contributed by atoms with Gasteiger partial charge in [-0.1, -0.05) is 23.7 Å². The zero-order chi connectivity index (χ0) is 12.3. The standard InChI is InChI=1S/C13H13ClO3/c1-2-16-13-8-9(15)7-12(17-13)10-5-3-4-6-11(10)14/h3-7,13H,2,8H2,1H3. The molecule has 1 heterocycles. The van der Waals surface area contributed by atoms with E-state index in [0.717, 1.165) is 0 Å². The van der Waals surface area contributed by atoms with E-state index < -0.39 is 6.29 Å². The van der Waals surface area contributed by atoms with E-state index in [4.69, 9.17) is 21.1 Å². The highest BCUT2D eigenvalue weighted by molar-refractivity contribution is 6.32. The van der Waals surface area contributed by atoms with Crippen molar-refractivity contribution >= 4 is 23.1 Å². The van der Waals surface area contributed by atoms with Gasteiger partial charge in [0.25, 0.3) is 0 Å². The maximum absolute atomic E-state index is 11.6. The third-order valence-corrected chi connectivity index (χ3v) is 2.74. The molecule has 0 fully saturated rings. The Morgan fingerprint density at radius 2 is 2.24 bits per heavy atom. The van der Waals surface area contributed by atoms with Crippen LogP contribution in [0.25, 0.3) is 5.76 Å². The monoisotopic (exact) mass is 252 g/mol. The number of hydrogen-bond donors (Lipinski definition) is 0. The van der Waals surface area contributed by atoms with E-state index in [-0.39, 0.29) is 12.2 Å². The van der Waals surface area contributed by atoms with Crippen molar-refractivity contribution in [3.05, 3.63) is 40.9 Å². The molecule has 4 heteroatoms. The van der Waals surface area contributed by atoms with E-state index in [2.05, 4.69) is 0 Å². The first-order valence-corrected chi connectivity index (χ1v) is 5.86. The second kappa shape index (κ2) is 5.34. The van der Waals surface area contributed by atoms with Gasteiger partial charge in [0.2, 0.25) is 6.29 Å². The number of hydrogen-bond acceptors (Lipinski definition) is 3. The summed E-state index contributed by atoms with van der Waals surface area (Å²) in [5, 5.41) is 0.559. The SMILES string of the molecule is CCOC1CC(=O)C=C(c2ccccc2Cl)O1. The summed E-state index contributed by atoms with van der Waals surface area (Å²) in [6.07, 6.45) is 1.21. The van der Waals surface area contributed by atoms with Crippen molar-refractivity contribution in [2.75, 3.05) is 6.61 Å². The third-order valence-electron chi connectivity index (χ3n) is 2.41. The number of carbonyl (C=O) groups is 1. The van der Waals surface area contributed by atoms with Gasteiger partial charge in [0.1, 0.15) is 5.76 Å². The summed E-state index contributed by atoms with van der Waals surface area (Å²) < 4.78 is 10.9. The molecular weight excluding hydrogens is 240 g/mol. The molecule has 2 rings (SSSR count). The minimum Gasteiger partial charge on any atom is -0.464 e. The Morgan fingerprint density at radius 3 is 2.94 bits per heavy atom. The van der Waals surface area contributed by atoms with Crippen LogP contribution in [0.2, 0.25) is 5.02 Å². The summed E-state index contributed by atoms with van der Waals surface area (Å²) in [7, 11) is 0. The van der Waals surface area contributed by atoms with Crippen LogP contribution in [0, 0.1) is 0 Å². The van der Waals surface area contributed by atoms with Crippen molar-refractivity contribution in [2.24, 2.45) is 0 Å². The molecule has 17 heavy (non-hydrogen) atoms. The Balaban J connectivity index is 2.26. The van der Waals surface area contributed by atoms with Crippen molar-refractivity contribution in [1.29, 1.82) is 0 Å². The Kier molecular flexibility index (Phi) is 3.82. The van der Waals surface area contributed by atoms with Crippen LogP contribution in [0.1, 0.15) is 18.9 Å². The summed E-state index contributed by atoms with van der Waals surface area (Å²) in [6.45, 7) is 2.37. The van der Waals surface area contributed by atoms with Gasteiger partial charge in [0.05, 0.1) is 11.4 Å². The first kappa shape index (κ1) is 12.1. The van der Waals surface area contributed by atoms with E-state index in [1.54, 1.807) is 6.07 Å². The highest BCUT2D eigenvalue weighted by Gasteiger charge is 2.23. The number of ketones is 1. The number of benzene rings is 1. The van der Waals surface area contributed by atoms with E-state index in [1.165, 1.54) is 6.08 Å². The van der Waals surface area contributed by atoms with Gasteiger partial charge in [-0.3, -0.25) is 4.79 Å². The Bertz CT molecular complexity index is 454. The van der Waals surface area contributed by atoms with Crippen LogP contribution >= 0.6 is 11.6 Å². The highest BCUT2D eigenvalue weighted by Crippen LogP contribution is 2.29. The molecule has 90 valence electrons. The molecule has 0 saturated carbocycles. The summed E-state index contributed by atoms with van der Waals surface area (Å²) in [6, 6.07) is 7.25. The molecule has 1 aliphatic heterocycles. The van der Waals surface area contributed by atoms with E-state index in [9.17, 15) is 4.79 Å². The molecule has 1 aromatic rings. The minimum absolute atomic E-state index is 0.00961. The van der Waals surface area contributed by atoms with Crippen LogP contribution in [0.5, 0.6) is 0 Å². The molecule has 1 aliphatic rings. The molecule has 0 amide bonds. The predicted octanol–water partition coefficient (Wildman–Crippen LogP) is 3.03. The van der Waals surface area contributed by atoms with Gasteiger partial charge >= 0.3 is 0 Å². The number of carbonyl (C=O) groups excluding carboxylic acids is 1. The largest absolute Gasteiger partial charge is 0.464 e. The molecule has 0 radical (unpaired) electrons. The highest BCUT2D eigenvalue weighted by atomic mass is 35.5. The Hall–Kier alpha value is -1.32. The number of allylic oxidation sites excluding steroid dienone is 1. The number of halogens is 1. The Morgan fingerprint density at radius 1 is 1.47 bits per heavy atom. The van der Waals surface area contributed by atoms with Gasteiger partial charge in [-0.15, -0.1) is 0 Å². The molecule has 1 aromatic carbocycles. The molecule has 0 aromatic heterocycles. The predicted molar refractivity (Wildman–Crippen MR) is 65.6 cm³/mol. The molecule has 1 unspecified atom stereocenters. The van der Waals surface area contributed by atoms with Crippen LogP contribution in [0.4, 0.5) is 0 Å². The van der Waals surface area contributed by atoms with Gasteiger partial charge in [-0.05, 0) is 19.1 Å². The smallest absolute Gasteiger partial charge is 0.207 e. The summed E-state index contributed by atoms with van der Waals surface area (Å²) >= 11 is 6.06. The van der Waals surface area contributed by atoms with Crippen molar-refractivity contribution < 1.29 is 14.3 Å². The van der Waals surface area contributed by atoms with Crippen molar-refractivity contribution in [2.45, 2.75) is 19.6 Å². The topological polar surface area (TPSA) is 35.5 Å². The lowest BCUT2D eigenvalue weighted by molar-refractivity contribution is -0.134. The van der Waals surface area contributed by atoms with E-state index in [0.29, 0.717) is 23.0 Å². The maximum atomic E-state index is 11.6. The van der Waals surface area contributed by atoms with Crippen LogP contribution in [0.3, 0.4) is 0 Å². The van der Waals surface area contributed by atoms with Crippen molar-refractivity contribution in [1.82, 2.24) is 0 Å². The lowest BCUT2D eigenvalue weighted by Crippen LogP contribution is -2.24. The normalized spacial score (nSPS) is 19.8. The summed E-state index contributed by atoms with van der Waals surface area (Å²) in [4.78, 5) is 11.6. The van der Waals surface area contributed by atoms with Gasteiger partial charge in [0.15, 0.2) is 5.78 Å². The summed E-state index contributed by atoms with van der Waals surface area (Å²) in [5.41, 5.74) is 0.715. The zero-order valence-corrected chi connectivity index (χ0v) is 10.2. The zero-order valence-electron chi connectivity index (χ0n) is 9.48. The molecule has 0 saturated heterocycles. The number of rotatable bonds is 3. The van der Waals surface area contributed by atoms with Crippen LogP contribution in [-0.2, 0) is 14.3 Å². The van der Waals surface area contributed by atoms with Crippen molar-refractivity contribution in [3.8, 4) is 0 Å². The average Bonchev–Trinajstić information content (AvgIpc) is 2.29. The Labute approximate surface area is 105 Å². The second-order valence-electron chi connectivity index (χ2n) is 3.66. The lowest BCUT2D eigenvalue weighted by atomic mass is 10.1.